The lowest BCUT2D eigenvalue weighted by Gasteiger charge is -2.18. The van der Waals surface area contributed by atoms with Crippen molar-refractivity contribution in [2.45, 2.75) is 19.9 Å². The summed E-state index contributed by atoms with van der Waals surface area (Å²) in [6.07, 6.45) is 0. The van der Waals surface area contributed by atoms with E-state index in [2.05, 4.69) is 25.7 Å². The first kappa shape index (κ1) is 12.3. The maximum absolute atomic E-state index is 5.88. The summed E-state index contributed by atoms with van der Waals surface area (Å²) in [6.45, 7) is 3.93. The molecule has 2 heterocycles. The van der Waals surface area contributed by atoms with Crippen molar-refractivity contribution in [1.82, 2.24) is 30.4 Å². The molecule has 0 fully saturated rings. The number of nitrogens with zero attached hydrogens (tertiary/aromatic N) is 5. The number of nitrogens with two attached hydrogens (primary N) is 1. The molecule has 3 aromatic rings. The van der Waals surface area contributed by atoms with E-state index in [1.54, 1.807) is 4.68 Å². The number of rotatable bonds is 3. The predicted octanol–water partition coefficient (Wildman–Crippen LogP) is 1.23. The molecule has 0 saturated heterocycles. The van der Waals surface area contributed by atoms with Crippen molar-refractivity contribution in [1.29, 1.82) is 0 Å². The van der Waals surface area contributed by atoms with Crippen molar-refractivity contribution >= 4 is 5.95 Å². The standard InChI is InChI=1S/C13H15N7/c1-8-11(9(2)16-15-8)12(10-6-4-3-5-7-10)20-13(14)17-18-19-20/h3-7,12H,1-2H3,(H,15,16)(H2,14,17,19)/t12-/m0/s1. The van der Waals surface area contributed by atoms with Crippen LogP contribution in [0.15, 0.2) is 30.3 Å². The number of nitrogens with one attached hydrogen (secondary N) is 1. The molecular formula is C13H15N7. The van der Waals surface area contributed by atoms with E-state index in [1.807, 2.05) is 44.2 Å². The van der Waals surface area contributed by atoms with Gasteiger partial charge in [0.1, 0.15) is 6.04 Å². The third-order valence-electron chi connectivity index (χ3n) is 3.34. The van der Waals surface area contributed by atoms with E-state index in [0.29, 0.717) is 0 Å². The predicted molar refractivity (Wildman–Crippen MR) is 74.0 cm³/mol. The van der Waals surface area contributed by atoms with Gasteiger partial charge in [0.15, 0.2) is 0 Å². The molecule has 0 amide bonds. The molecular weight excluding hydrogens is 254 g/mol. The summed E-state index contributed by atoms with van der Waals surface area (Å²) in [5.41, 5.74) is 9.86. The number of anilines is 1. The van der Waals surface area contributed by atoms with Gasteiger partial charge in [-0.3, -0.25) is 5.10 Å². The first-order valence-corrected chi connectivity index (χ1v) is 6.28. The molecule has 0 bridgehead atoms. The second kappa shape index (κ2) is 4.76. The fourth-order valence-electron chi connectivity index (χ4n) is 2.41. The number of H-pyrrole nitrogens is 1. The Hall–Kier alpha value is -2.70. The van der Waals surface area contributed by atoms with Crippen LogP contribution in [-0.2, 0) is 0 Å². The number of aryl methyl sites for hydroxylation is 2. The highest BCUT2D eigenvalue weighted by molar-refractivity contribution is 5.38. The monoisotopic (exact) mass is 269 g/mol. The molecule has 0 spiro atoms. The third kappa shape index (κ3) is 1.93. The summed E-state index contributed by atoms with van der Waals surface area (Å²) in [5.74, 6) is 0.277. The first-order valence-electron chi connectivity index (χ1n) is 6.28. The Morgan fingerprint density at radius 2 is 1.95 bits per heavy atom. The Morgan fingerprint density at radius 1 is 1.20 bits per heavy atom. The van der Waals surface area contributed by atoms with Gasteiger partial charge in [0, 0.05) is 11.3 Å². The van der Waals surface area contributed by atoms with Gasteiger partial charge in [-0.2, -0.15) is 9.78 Å². The zero-order chi connectivity index (χ0) is 14.1. The van der Waals surface area contributed by atoms with Crippen molar-refractivity contribution in [3.05, 3.63) is 52.8 Å². The van der Waals surface area contributed by atoms with Crippen LogP contribution in [-0.4, -0.2) is 30.4 Å². The molecule has 0 radical (unpaired) electrons. The third-order valence-corrected chi connectivity index (χ3v) is 3.34. The quantitative estimate of drug-likeness (QED) is 0.745. The van der Waals surface area contributed by atoms with Crippen LogP contribution in [0.3, 0.4) is 0 Å². The second-order valence-electron chi connectivity index (χ2n) is 4.64. The molecule has 2 aromatic heterocycles. The maximum Gasteiger partial charge on any atom is 0.241 e. The molecule has 1 aromatic carbocycles. The Bertz CT molecular complexity index is 694. The Balaban J connectivity index is 2.22. The molecule has 1 atom stereocenters. The van der Waals surface area contributed by atoms with Crippen LogP contribution in [0.2, 0.25) is 0 Å². The average Bonchev–Trinajstić information content (AvgIpc) is 3.01. The fraction of sp³-hybridized carbons (Fsp3) is 0.231. The topological polar surface area (TPSA) is 98.3 Å². The van der Waals surface area contributed by atoms with Gasteiger partial charge < -0.3 is 5.73 Å². The van der Waals surface area contributed by atoms with Crippen LogP contribution in [0.1, 0.15) is 28.6 Å². The minimum absolute atomic E-state index is 0.190. The van der Waals surface area contributed by atoms with Crippen molar-refractivity contribution in [3.8, 4) is 0 Å². The molecule has 7 heteroatoms. The van der Waals surface area contributed by atoms with Gasteiger partial charge in [-0.25, -0.2) is 0 Å². The van der Waals surface area contributed by atoms with Gasteiger partial charge >= 0.3 is 0 Å². The van der Waals surface area contributed by atoms with Crippen LogP contribution in [0.4, 0.5) is 5.95 Å². The van der Waals surface area contributed by atoms with E-state index in [4.69, 9.17) is 5.73 Å². The maximum atomic E-state index is 5.88. The van der Waals surface area contributed by atoms with E-state index < -0.39 is 0 Å². The minimum Gasteiger partial charge on any atom is -0.367 e. The number of aromatic amines is 1. The molecule has 0 saturated carbocycles. The molecule has 3 N–H and O–H groups in total. The summed E-state index contributed by atoms with van der Waals surface area (Å²) < 4.78 is 1.61. The molecule has 0 aliphatic carbocycles. The Kier molecular flexibility index (Phi) is 2.94. The smallest absolute Gasteiger partial charge is 0.241 e. The fourth-order valence-corrected chi connectivity index (χ4v) is 2.41. The van der Waals surface area contributed by atoms with E-state index in [9.17, 15) is 0 Å². The summed E-state index contributed by atoms with van der Waals surface area (Å²) in [7, 11) is 0. The normalized spacial score (nSPS) is 12.5. The van der Waals surface area contributed by atoms with E-state index in [-0.39, 0.29) is 12.0 Å². The number of hydrogen-bond acceptors (Lipinski definition) is 5. The summed E-state index contributed by atoms with van der Waals surface area (Å²) >= 11 is 0. The summed E-state index contributed by atoms with van der Waals surface area (Å²) in [5, 5.41) is 18.7. The SMILES string of the molecule is Cc1n[nH]c(C)c1[C@H](c1ccccc1)n1nnnc1N. The highest BCUT2D eigenvalue weighted by Crippen LogP contribution is 2.30. The van der Waals surface area contributed by atoms with Crippen LogP contribution in [0.25, 0.3) is 0 Å². The van der Waals surface area contributed by atoms with Crippen LogP contribution >= 0.6 is 0 Å². The molecule has 0 unspecified atom stereocenters. The van der Waals surface area contributed by atoms with Gasteiger partial charge in [-0.05, 0) is 29.8 Å². The first-order chi connectivity index (χ1) is 9.68. The second-order valence-corrected chi connectivity index (χ2v) is 4.64. The lowest BCUT2D eigenvalue weighted by Crippen LogP contribution is -2.17. The molecule has 7 nitrogen and oxygen atoms in total. The minimum atomic E-state index is -0.190. The van der Waals surface area contributed by atoms with Crippen molar-refractivity contribution in [3.63, 3.8) is 0 Å². The summed E-state index contributed by atoms with van der Waals surface area (Å²) in [4.78, 5) is 0. The van der Waals surface area contributed by atoms with Gasteiger partial charge in [-0.1, -0.05) is 35.4 Å². The highest BCUT2D eigenvalue weighted by Gasteiger charge is 2.25. The summed E-state index contributed by atoms with van der Waals surface area (Å²) in [6, 6.07) is 9.79. The Morgan fingerprint density at radius 3 is 2.50 bits per heavy atom. The number of nitrogen functional groups attached to an aromatic ring is 1. The lowest BCUT2D eigenvalue weighted by atomic mass is 9.97. The molecule has 3 rings (SSSR count). The lowest BCUT2D eigenvalue weighted by molar-refractivity contribution is 0.573. The van der Waals surface area contributed by atoms with E-state index in [1.165, 1.54) is 0 Å². The van der Waals surface area contributed by atoms with Crippen molar-refractivity contribution in [2.24, 2.45) is 0 Å². The molecule has 102 valence electrons. The number of aromatic nitrogens is 6. The Labute approximate surface area is 115 Å². The van der Waals surface area contributed by atoms with E-state index in [0.717, 1.165) is 22.5 Å². The molecule has 0 aliphatic rings. The molecule has 0 aliphatic heterocycles. The van der Waals surface area contributed by atoms with Crippen LogP contribution < -0.4 is 5.73 Å². The number of hydrogen-bond donors (Lipinski definition) is 2. The highest BCUT2D eigenvalue weighted by atomic mass is 15.6. The van der Waals surface area contributed by atoms with Crippen LogP contribution in [0, 0.1) is 13.8 Å². The largest absolute Gasteiger partial charge is 0.367 e. The van der Waals surface area contributed by atoms with Gasteiger partial charge in [0.05, 0.1) is 5.69 Å². The van der Waals surface area contributed by atoms with Crippen molar-refractivity contribution in [2.75, 3.05) is 5.73 Å². The van der Waals surface area contributed by atoms with Gasteiger partial charge in [0.25, 0.3) is 0 Å². The number of tetrazole rings is 1. The van der Waals surface area contributed by atoms with Gasteiger partial charge in [0.2, 0.25) is 5.95 Å². The van der Waals surface area contributed by atoms with Gasteiger partial charge in [-0.15, -0.1) is 0 Å². The van der Waals surface area contributed by atoms with Crippen LogP contribution in [0.5, 0.6) is 0 Å². The zero-order valence-corrected chi connectivity index (χ0v) is 11.3. The number of benzene rings is 1. The molecule has 20 heavy (non-hydrogen) atoms. The van der Waals surface area contributed by atoms with E-state index >= 15 is 0 Å². The van der Waals surface area contributed by atoms with Crippen molar-refractivity contribution < 1.29 is 0 Å². The zero-order valence-electron chi connectivity index (χ0n) is 11.3. The average molecular weight is 269 g/mol.